The van der Waals surface area contributed by atoms with Gasteiger partial charge in [0.2, 0.25) is 0 Å². The molecule has 1 aromatic heterocycles. The number of nitrogens with one attached hydrogen (secondary N) is 1. The number of nitrogens with zero attached hydrogens (tertiary/aromatic N) is 2. The molecular formula is C15H23F2N3. The molecule has 0 bridgehead atoms. The van der Waals surface area contributed by atoms with Crippen LogP contribution in [0.5, 0.6) is 0 Å². The molecule has 2 rings (SSSR count). The van der Waals surface area contributed by atoms with E-state index in [2.05, 4.69) is 17.2 Å². The third-order valence-electron chi connectivity index (χ3n) is 4.05. The van der Waals surface area contributed by atoms with Gasteiger partial charge in [0.05, 0.1) is 6.20 Å². The number of hydrogen-bond acceptors (Lipinski definition) is 3. The van der Waals surface area contributed by atoms with E-state index in [1.54, 1.807) is 0 Å². The Morgan fingerprint density at radius 1 is 1.30 bits per heavy atom. The molecule has 0 unspecified atom stereocenters. The molecule has 0 saturated heterocycles. The smallest absolute Gasteiger partial charge is 0.168 e. The van der Waals surface area contributed by atoms with E-state index in [4.69, 9.17) is 0 Å². The van der Waals surface area contributed by atoms with E-state index in [1.165, 1.54) is 0 Å². The van der Waals surface area contributed by atoms with Crippen molar-refractivity contribution >= 4 is 5.82 Å². The van der Waals surface area contributed by atoms with Gasteiger partial charge < -0.3 is 10.2 Å². The van der Waals surface area contributed by atoms with Gasteiger partial charge >= 0.3 is 0 Å². The molecule has 1 fully saturated rings. The van der Waals surface area contributed by atoms with Crippen molar-refractivity contribution in [3.05, 3.63) is 23.9 Å². The lowest BCUT2D eigenvalue weighted by molar-refractivity contribution is 0.335. The zero-order chi connectivity index (χ0) is 14.5. The Morgan fingerprint density at radius 2 is 2.00 bits per heavy atom. The van der Waals surface area contributed by atoms with Gasteiger partial charge in [0.1, 0.15) is 5.82 Å². The number of hydrogen-bond donors (Lipinski definition) is 1. The van der Waals surface area contributed by atoms with E-state index in [0.29, 0.717) is 6.04 Å². The van der Waals surface area contributed by atoms with Crippen molar-refractivity contribution in [3.8, 4) is 0 Å². The minimum atomic E-state index is -0.632. The predicted molar refractivity (Wildman–Crippen MR) is 76.9 cm³/mol. The van der Waals surface area contributed by atoms with Crippen LogP contribution in [0.3, 0.4) is 0 Å². The lowest BCUT2D eigenvalue weighted by atomic mass is 9.90. The van der Waals surface area contributed by atoms with Crippen molar-refractivity contribution in [1.82, 2.24) is 10.3 Å². The van der Waals surface area contributed by atoms with E-state index >= 15 is 0 Å². The maximum atomic E-state index is 13.7. The van der Waals surface area contributed by atoms with Crippen LogP contribution in [0, 0.1) is 11.6 Å². The number of aromatic nitrogens is 1. The molecular weight excluding hydrogens is 260 g/mol. The minimum Gasteiger partial charge on any atom is -0.354 e. The lowest BCUT2D eigenvalue weighted by Gasteiger charge is -2.35. The summed E-state index contributed by atoms with van der Waals surface area (Å²) in [4.78, 5) is 5.73. The van der Waals surface area contributed by atoms with Gasteiger partial charge in [0.25, 0.3) is 0 Å². The summed E-state index contributed by atoms with van der Waals surface area (Å²) in [5.41, 5.74) is 0. The Labute approximate surface area is 119 Å². The monoisotopic (exact) mass is 283 g/mol. The fraction of sp³-hybridized carbons (Fsp3) is 0.667. The van der Waals surface area contributed by atoms with Crippen LogP contribution in [0.4, 0.5) is 14.6 Å². The fourth-order valence-corrected chi connectivity index (χ4v) is 2.86. The SMILES string of the molecule is CCCNC1CCC(N(C)c2ncc(F)cc2F)CC1. The van der Waals surface area contributed by atoms with Crippen molar-refractivity contribution in [2.75, 3.05) is 18.5 Å². The molecule has 5 heteroatoms. The van der Waals surface area contributed by atoms with Gasteiger partial charge in [-0.05, 0) is 38.6 Å². The molecule has 0 spiro atoms. The van der Waals surface area contributed by atoms with Crippen molar-refractivity contribution in [2.45, 2.75) is 51.1 Å². The molecule has 0 aromatic carbocycles. The van der Waals surface area contributed by atoms with Crippen LogP contribution in [-0.4, -0.2) is 30.7 Å². The number of pyridine rings is 1. The molecule has 0 amide bonds. The number of halogens is 2. The molecule has 0 aliphatic heterocycles. The Balaban J connectivity index is 1.92. The largest absolute Gasteiger partial charge is 0.354 e. The van der Waals surface area contributed by atoms with Gasteiger partial charge in [-0.2, -0.15) is 0 Å². The molecule has 0 atom stereocenters. The first-order valence-corrected chi connectivity index (χ1v) is 7.39. The fourth-order valence-electron chi connectivity index (χ4n) is 2.86. The summed E-state index contributed by atoms with van der Waals surface area (Å²) in [5, 5.41) is 3.53. The molecule has 0 radical (unpaired) electrons. The van der Waals surface area contributed by atoms with Gasteiger partial charge in [-0.1, -0.05) is 6.92 Å². The Kier molecular flexibility index (Phi) is 5.29. The molecule has 3 nitrogen and oxygen atoms in total. The van der Waals surface area contributed by atoms with Gasteiger partial charge in [-0.15, -0.1) is 0 Å². The van der Waals surface area contributed by atoms with Crippen molar-refractivity contribution in [1.29, 1.82) is 0 Å². The van der Waals surface area contributed by atoms with E-state index in [1.807, 2.05) is 11.9 Å². The normalized spacial score (nSPS) is 22.8. The molecule has 1 saturated carbocycles. The predicted octanol–water partition coefficient (Wildman–Crippen LogP) is 3.11. The third-order valence-corrected chi connectivity index (χ3v) is 4.05. The minimum absolute atomic E-state index is 0.247. The quantitative estimate of drug-likeness (QED) is 0.900. The van der Waals surface area contributed by atoms with E-state index in [-0.39, 0.29) is 11.9 Å². The zero-order valence-corrected chi connectivity index (χ0v) is 12.2. The molecule has 1 aromatic rings. The molecule has 1 heterocycles. The van der Waals surface area contributed by atoms with Crippen LogP contribution in [0.25, 0.3) is 0 Å². The molecule has 112 valence electrons. The Morgan fingerprint density at radius 3 is 2.60 bits per heavy atom. The zero-order valence-electron chi connectivity index (χ0n) is 12.2. The maximum Gasteiger partial charge on any atom is 0.168 e. The van der Waals surface area contributed by atoms with Crippen molar-refractivity contribution < 1.29 is 8.78 Å². The third kappa shape index (κ3) is 3.66. The first kappa shape index (κ1) is 15.2. The van der Waals surface area contributed by atoms with E-state index in [9.17, 15) is 8.78 Å². The highest BCUT2D eigenvalue weighted by atomic mass is 19.1. The number of anilines is 1. The Hall–Kier alpha value is -1.23. The lowest BCUT2D eigenvalue weighted by Crippen LogP contribution is -2.41. The Bertz CT molecular complexity index is 431. The summed E-state index contributed by atoms with van der Waals surface area (Å²) in [6.07, 6.45) is 6.43. The van der Waals surface area contributed by atoms with Gasteiger partial charge in [-0.25, -0.2) is 13.8 Å². The van der Waals surface area contributed by atoms with Gasteiger partial charge in [0.15, 0.2) is 11.6 Å². The second kappa shape index (κ2) is 6.97. The van der Waals surface area contributed by atoms with Crippen molar-refractivity contribution in [3.63, 3.8) is 0 Å². The van der Waals surface area contributed by atoms with Gasteiger partial charge in [-0.3, -0.25) is 0 Å². The van der Waals surface area contributed by atoms with Crippen LogP contribution < -0.4 is 10.2 Å². The molecule has 20 heavy (non-hydrogen) atoms. The highest BCUT2D eigenvalue weighted by Crippen LogP contribution is 2.27. The second-order valence-corrected chi connectivity index (χ2v) is 5.53. The van der Waals surface area contributed by atoms with E-state index in [0.717, 1.165) is 50.9 Å². The summed E-state index contributed by atoms with van der Waals surface area (Å²) in [5.74, 6) is -0.970. The topological polar surface area (TPSA) is 28.2 Å². The van der Waals surface area contributed by atoms with E-state index < -0.39 is 11.6 Å². The van der Waals surface area contributed by atoms with Crippen LogP contribution in [0.15, 0.2) is 12.3 Å². The summed E-state index contributed by atoms with van der Waals surface area (Å²) in [6, 6.07) is 1.75. The van der Waals surface area contributed by atoms with Crippen LogP contribution in [0.1, 0.15) is 39.0 Å². The summed E-state index contributed by atoms with van der Waals surface area (Å²) >= 11 is 0. The highest BCUT2D eigenvalue weighted by Gasteiger charge is 2.25. The maximum absolute atomic E-state index is 13.7. The second-order valence-electron chi connectivity index (χ2n) is 5.53. The molecule has 1 N–H and O–H groups in total. The first-order chi connectivity index (χ1) is 9.61. The average Bonchev–Trinajstić information content (AvgIpc) is 2.45. The molecule has 1 aliphatic carbocycles. The standard InChI is InChI=1S/C15H23F2N3/c1-3-8-18-12-4-6-13(7-5-12)20(2)15-14(17)9-11(16)10-19-15/h9-10,12-13,18H,3-8H2,1-2H3. The van der Waals surface area contributed by atoms with Crippen molar-refractivity contribution in [2.24, 2.45) is 0 Å². The number of rotatable bonds is 5. The summed E-state index contributed by atoms with van der Waals surface area (Å²) in [7, 11) is 1.84. The van der Waals surface area contributed by atoms with Gasteiger partial charge in [0, 0.05) is 25.2 Å². The molecule has 1 aliphatic rings. The summed E-state index contributed by atoms with van der Waals surface area (Å²) < 4.78 is 26.6. The van der Waals surface area contributed by atoms with Crippen LogP contribution in [-0.2, 0) is 0 Å². The average molecular weight is 283 g/mol. The summed E-state index contributed by atoms with van der Waals surface area (Å²) in [6.45, 7) is 3.22. The van der Waals surface area contributed by atoms with Crippen LogP contribution >= 0.6 is 0 Å². The first-order valence-electron chi connectivity index (χ1n) is 7.39. The van der Waals surface area contributed by atoms with Crippen LogP contribution in [0.2, 0.25) is 0 Å². The highest BCUT2D eigenvalue weighted by molar-refractivity contribution is 5.40.